The molecule has 0 bridgehead atoms. The predicted molar refractivity (Wildman–Crippen MR) is 151 cm³/mol. The zero-order valence-corrected chi connectivity index (χ0v) is 22.7. The fourth-order valence-electron chi connectivity index (χ4n) is 4.24. The van der Waals surface area contributed by atoms with Gasteiger partial charge in [0.05, 0.1) is 32.3 Å². The maximum Gasteiger partial charge on any atom is 0.310 e. The van der Waals surface area contributed by atoms with E-state index in [-0.39, 0.29) is 12.4 Å². The summed E-state index contributed by atoms with van der Waals surface area (Å²) in [7, 11) is 1.64. The normalized spacial score (nSPS) is 11.0. The van der Waals surface area contributed by atoms with Crippen molar-refractivity contribution in [1.82, 2.24) is 4.57 Å². The van der Waals surface area contributed by atoms with Crippen LogP contribution in [0.1, 0.15) is 34.4 Å². The molecule has 3 aromatic carbocycles. The van der Waals surface area contributed by atoms with Gasteiger partial charge in [-0.1, -0.05) is 54.1 Å². The summed E-state index contributed by atoms with van der Waals surface area (Å²) in [6, 6.07) is 22.4. The number of hydrogen-bond acceptors (Lipinski definition) is 5. The maximum absolute atomic E-state index is 12.8. The van der Waals surface area contributed by atoms with Crippen LogP contribution in [0.15, 0.2) is 78.2 Å². The summed E-state index contributed by atoms with van der Waals surface area (Å²) < 4.78 is 18.8. The van der Waals surface area contributed by atoms with E-state index < -0.39 is 0 Å². The van der Waals surface area contributed by atoms with E-state index in [9.17, 15) is 4.79 Å². The van der Waals surface area contributed by atoms with Crippen LogP contribution in [0.5, 0.6) is 5.75 Å². The average Bonchev–Trinajstić information content (AvgIpc) is 3.17. The van der Waals surface area contributed by atoms with Crippen molar-refractivity contribution in [3.8, 4) is 5.75 Å². The molecule has 4 aromatic rings. The molecule has 0 amide bonds. The van der Waals surface area contributed by atoms with Gasteiger partial charge in [0.25, 0.3) is 0 Å². The molecule has 0 spiro atoms. The number of esters is 1. The van der Waals surface area contributed by atoms with Gasteiger partial charge in [0.1, 0.15) is 5.75 Å². The van der Waals surface area contributed by atoms with Gasteiger partial charge in [0.2, 0.25) is 0 Å². The molecule has 0 aliphatic heterocycles. The van der Waals surface area contributed by atoms with Gasteiger partial charge in [0, 0.05) is 40.1 Å². The van der Waals surface area contributed by atoms with E-state index in [0.29, 0.717) is 19.6 Å². The molecule has 0 unspecified atom stereocenters. The summed E-state index contributed by atoms with van der Waals surface area (Å²) in [5, 5.41) is 0.958. The lowest BCUT2D eigenvalue weighted by molar-refractivity contribution is -0.143. The molecule has 4 rings (SSSR count). The van der Waals surface area contributed by atoms with Crippen LogP contribution in [0.4, 0.5) is 0 Å². The molecule has 0 N–H and O–H groups in total. The third kappa shape index (κ3) is 6.45. The fraction of sp³-hybridized carbons (Fsp3) is 0.258. The number of fused-ring (bicyclic) bond motifs is 1. The Labute approximate surface area is 223 Å². The molecule has 192 valence electrons. The number of ether oxygens (including phenoxy) is 2. The number of rotatable bonds is 11. The Kier molecular flexibility index (Phi) is 8.74. The molecule has 0 saturated heterocycles. The van der Waals surface area contributed by atoms with Crippen molar-refractivity contribution in [3.05, 3.63) is 101 Å². The summed E-state index contributed by atoms with van der Waals surface area (Å²) in [5.41, 5.74) is 7.15. The standard InChI is InChI=1S/C31H33NO4S/c1-21-7-11-25(12-8-21)23(3)32-24(4)28(29-19-26(34-5)13-16-30(29)32)20-31(33)35-17-6-18-36-37-27-14-9-22(2)10-15-27/h7-16,19H,3,6,17-18,20H2,1-2,4-5H3. The van der Waals surface area contributed by atoms with Crippen molar-refractivity contribution >= 4 is 34.6 Å². The topological polar surface area (TPSA) is 49.7 Å². The van der Waals surface area contributed by atoms with Crippen molar-refractivity contribution in [2.45, 2.75) is 38.5 Å². The highest BCUT2D eigenvalue weighted by molar-refractivity contribution is 7.94. The number of aromatic nitrogens is 1. The highest BCUT2D eigenvalue weighted by atomic mass is 32.2. The maximum atomic E-state index is 12.8. The Morgan fingerprint density at radius 2 is 1.59 bits per heavy atom. The molecular formula is C31H33NO4S. The molecule has 0 fully saturated rings. The predicted octanol–water partition coefficient (Wildman–Crippen LogP) is 7.29. The van der Waals surface area contributed by atoms with Crippen molar-refractivity contribution in [2.75, 3.05) is 20.3 Å². The highest BCUT2D eigenvalue weighted by Crippen LogP contribution is 2.34. The van der Waals surface area contributed by atoms with E-state index >= 15 is 0 Å². The van der Waals surface area contributed by atoms with Crippen LogP contribution in [0.3, 0.4) is 0 Å². The van der Waals surface area contributed by atoms with Crippen molar-refractivity contribution in [2.24, 2.45) is 0 Å². The molecule has 0 aliphatic carbocycles. The first-order valence-corrected chi connectivity index (χ1v) is 13.1. The number of nitrogens with zero attached hydrogens (tertiary/aromatic N) is 1. The molecule has 0 radical (unpaired) electrons. The lowest BCUT2D eigenvalue weighted by Gasteiger charge is -2.13. The number of carbonyl (C=O) groups is 1. The second kappa shape index (κ2) is 12.2. The minimum Gasteiger partial charge on any atom is -0.497 e. The van der Waals surface area contributed by atoms with Gasteiger partial charge in [-0.15, -0.1) is 0 Å². The van der Waals surface area contributed by atoms with Gasteiger partial charge in [-0.3, -0.25) is 4.79 Å². The fourth-order valence-corrected chi connectivity index (χ4v) is 4.82. The minimum atomic E-state index is -0.267. The zero-order chi connectivity index (χ0) is 26.4. The third-order valence-electron chi connectivity index (χ3n) is 6.33. The van der Waals surface area contributed by atoms with Crippen LogP contribution in [-0.4, -0.2) is 30.9 Å². The van der Waals surface area contributed by atoms with Crippen LogP contribution in [0.2, 0.25) is 0 Å². The van der Waals surface area contributed by atoms with Gasteiger partial charge in [0.15, 0.2) is 0 Å². The van der Waals surface area contributed by atoms with Crippen molar-refractivity contribution in [1.29, 1.82) is 0 Å². The molecule has 6 heteroatoms. The first kappa shape index (κ1) is 26.6. The summed E-state index contributed by atoms with van der Waals surface area (Å²) >= 11 is 1.34. The van der Waals surface area contributed by atoms with Gasteiger partial charge in [-0.25, -0.2) is 0 Å². The number of carbonyl (C=O) groups excluding carboxylic acids is 1. The molecule has 37 heavy (non-hydrogen) atoms. The number of methoxy groups -OCH3 is 1. The molecule has 5 nitrogen and oxygen atoms in total. The van der Waals surface area contributed by atoms with Gasteiger partial charge < -0.3 is 18.2 Å². The lowest BCUT2D eigenvalue weighted by atomic mass is 10.1. The largest absolute Gasteiger partial charge is 0.497 e. The van der Waals surface area contributed by atoms with Crippen molar-refractivity contribution in [3.63, 3.8) is 0 Å². The smallest absolute Gasteiger partial charge is 0.310 e. The molecular weight excluding hydrogens is 482 g/mol. The monoisotopic (exact) mass is 515 g/mol. The van der Waals surface area contributed by atoms with E-state index in [1.54, 1.807) is 7.11 Å². The van der Waals surface area contributed by atoms with E-state index in [0.717, 1.165) is 44.1 Å². The Morgan fingerprint density at radius 1 is 0.919 bits per heavy atom. The highest BCUT2D eigenvalue weighted by Gasteiger charge is 2.20. The molecule has 0 aliphatic rings. The Balaban J connectivity index is 1.42. The van der Waals surface area contributed by atoms with Gasteiger partial charge >= 0.3 is 5.97 Å². The van der Waals surface area contributed by atoms with Crippen molar-refractivity contribution < 1.29 is 18.5 Å². The Bertz CT molecular complexity index is 1390. The summed E-state index contributed by atoms with van der Waals surface area (Å²) in [4.78, 5) is 13.9. The lowest BCUT2D eigenvalue weighted by Crippen LogP contribution is -2.11. The van der Waals surface area contributed by atoms with E-state index in [1.165, 1.54) is 23.2 Å². The number of aryl methyl sites for hydroxylation is 2. The molecule has 1 aromatic heterocycles. The first-order chi connectivity index (χ1) is 17.9. The molecule has 0 saturated carbocycles. The third-order valence-corrected chi connectivity index (χ3v) is 7.08. The summed E-state index contributed by atoms with van der Waals surface area (Å²) in [6.45, 7) is 11.3. The van der Waals surface area contributed by atoms with Crippen LogP contribution < -0.4 is 4.74 Å². The summed E-state index contributed by atoms with van der Waals surface area (Å²) in [6.07, 6.45) is 0.798. The van der Waals surface area contributed by atoms with Gasteiger partial charge in [-0.05, 0) is 62.2 Å². The van der Waals surface area contributed by atoms with E-state index in [1.807, 2.05) is 37.3 Å². The quantitative estimate of drug-likeness (QED) is 0.119. The zero-order valence-electron chi connectivity index (χ0n) is 21.9. The van der Waals surface area contributed by atoms with E-state index in [4.69, 9.17) is 13.7 Å². The molecule has 1 heterocycles. The first-order valence-electron chi connectivity index (χ1n) is 12.3. The van der Waals surface area contributed by atoms with Crippen LogP contribution in [0.25, 0.3) is 16.6 Å². The Morgan fingerprint density at radius 3 is 2.27 bits per heavy atom. The number of benzene rings is 3. The second-order valence-corrected chi connectivity index (χ2v) is 9.94. The average molecular weight is 516 g/mol. The van der Waals surface area contributed by atoms with Crippen LogP contribution in [-0.2, 0) is 20.1 Å². The Hall–Kier alpha value is -3.48. The van der Waals surface area contributed by atoms with Gasteiger partial charge in [-0.2, -0.15) is 0 Å². The summed E-state index contributed by atoms with van der Waals surface area (Å²) in [5.74, 6) is 0.473. The second-order valence-electron chi connectivity index (χ2n) is 9.06. The minimum absolute atomic E-state index is 0.169. The van der Waals surface area contributed by atoms with Crippen LogP contribution >= 0.6 is 12.0 Å². The SMILES string of the molecule is C=C(c1ccc(C)cc1)n1c(C)c(CC(=O)OCCCOSc2ccc(C)cc2)c2cc(OC)ccc21. The molecule has 0 atom stereocenters. The van der Waals surface area contributed by atoms with E-state index in [2.05, 4.69) is 61.4 Å². The number of hydrogen-bond donors (Lipinski definition) is 0. The van der Waals surface area contributed by atoms with Crippen LogP contribution in [0, 0.1) is 20.8 Å².